The van der Waals surface area contributed by atoms with Gasteiger partial charge in [-0.25, -0.2) is 8.78 Å². The smallest absolute Gasteiger partial charge is 0.253 e. The van der Waals surface area contributed by atoms with Crippen molar-refractivity contribution in [3.05, 3.63) is 59.7 Å². The molecule has 21 heavy (non-hydrogen) atoms. The zero-order valence-corrected chi connectivity index (χ0v) is 11.1. The predicted octanol–water partition coefficient (Wildman–Crippen LogP) is 3.57. The van der Waals surface area contributed by atoms with Crippen molar-refractivity contribution < 1.29 is 17.9 Å². The van der Waals surface area contributed by atoms with Gasteiger partial charge in [-0.3, -0.25) is 0 Å². The summed E-state index contributed by atoms with van der Waals surface area (Å²) in [6.45, 7) is 0.0100. The van der Waals surface area contributed by atoms with E-state index in [0.29, 0.717) is 6.07 Å². The molecule has 0 unspecified atom stereocenters. The molecule has 3 nitrogen and oxygen atoms in total. The molecule has 0 aliphatic heterocycles. The Bertz CT molecular complexity index is 814. The fraction of sp³-hybridized carbons (Fsp3) is 0.133. The van der Waals surface area contributed by atoms with Gasteiger partial charge in [0.05, 0.1) is 0 Å². The minimum atomic E-state index is -1.38. The Morgan fingerprint density at radius 1 is 1.10 bits per heavy atom. The number of fused-ring (bicyclic) bond motifs is 1. The van der Waals surface area contributed by atoms with Crippen LogP contribution in [0.3, 0.4) is 0 Å². The van der Waals surface area contributed by atoms with Gasteiger partial charge in [-0.1, -0.05) is 12.1 Å². The van der Waals surface area contributed by atoms with Gasteiger partial charge in [0.25, 0.3) is 11.8 Å². The van der Waals surface area contributed by atoms with Gasteiger partial charge in [-0.15, -0.1) is 0 Å². The first-order chi connectivity index (χ1) is 10.0. The summed E-state index contributed by atoms with van der Waals surface area (Å²) in [5, 5.41) is 1.07. The maximum absolute atomic E-state index is 13.4. The van der Waals surface area contributed by atoms with Crippen LogP contribution in [0.25, 0.3) is 10.9 Å². The molecule has 0 spiro atoms. The Hall–Kier alpha value is -2.50. The Morgan fingerprint density at radius 2 is 1.90 bits per heavy atom. The highest BCUT2D eigenvalue weighted by molar-refractivity contribution is 5.80. The summed E-state index contributed by atoms with van der Waals surface area (Å²) in [4.78, 5) is 3.11. The average Bonchev–Trinajstić information content (AvgIpc) is 2.83. The SMILES string of the molecule is Cn1ccc2ccc(COc3nc(F)c(F)cc3F)cc21. The van der Waals surface area contributed by atoms with Crippen LogP contribution >= 0.6 is 0 Å². The summed E-state index contributed by atoms with van der Waals surface area (Å²) >= 11 is 0. The lowest BCUT2D eigenvalue weighted by atomic mass is 10.2. The minimum Gasteiger partial charge on any atom is -0.471 e. The number of hydrogen-bond donors (Lipinski definition) is 0. The molecule has 108 valence electrons. The first-order valence-corrected chi connectivity index (χ1v) is 6.23. The second kappa shape index (κ2) is 5.12. The number of hydrogen-bond acceptors (Lipinski definition) is 2. The fourth-order valence-electron chi connectivity index (χ4n) is 2.08. The molecule has 0 amide bonds. The summed E-state index contributed by atoms with van der Waals surface area (Å²) in [6.07, 6.45) is 1.92. The second-order valence-corrected chi connectivity index (χ2v) is 4.66. The molecule has 1 aromatic carbocycles. The number of aryl methyl sites for hydroxylation is 1. The van der Waals surface area contributed by atoms with E-state index in [4.69, 9.17) is 4.74 Å². The quantitative estimate of drug-likeness (QED) is 0.690. The molecule has 0 saturated carbocycles. The number of aromatic nitrogens is 2. The molecule has 2 heterocycles. The lowest BCUT2D eigenvalue weighted by Crippen LogP contribution is -2.03. The van der Waals surface area contributed by atoms with E-state index in [1.807, 2.05) is 42.1 Å². The molecule has 0 radical (unpaired) electrons. The molecule has 3 rings (SSSR count). The molecule has 0 atom stereocenters. The normalized spacial score (nSPS) is 11.0. The highest BCUT2D eigenvalue weighted by Gasteiger charge is 2.13. The number of halogens is 3. The third kappa shape index (κ3) is 2.56. The van der Waals surface area contributed by atoms with Crippen molar-refractivity contribution in [3.63, 3.8) is 0 Å². The average molecular weight is 292 g/mol. The van der Waals surface area contributed by atoms with Crippen molar-refractivity contribution in [1.82, 2.24) is 9.55 Å². The largest absolute Gasteiger partial charge is 0.471 e. The molecular formula is C15H11F3N2O. The zero-order valence-electron chi connectivity index (χ0n) is 11.1. The number of nitrogens with zero attached hydrogens (tertiary/aromatic N) is 2. The van der Waals surface area contributed by atoms with E-state index < -0.39 is 23.5 Å². The van der Waals surface area contributed by atoms with Crippen molar-refractivity contribution in [2.24, 2.45) is 7.05 Å². The van der Waals surface area contributed by atoms with Crippen LogP contribution in [0.1, 0.15) is 5.56 Å². The van der Waals surface area contributed by atoms with Crippen molar-refractivity contribution >= 4 is 10.9 Å². The van der Waals surface area contributed by atoms with E-state index in [2.05, 4.69) is 4.98 Å². The molecule has 6 heteroatoms. The Labute approximate surface area is 118 Å². The zero-order chi connectivity index (χ0) is 15.0. The first-order valence-electron chi connectivity index (χ1n) is 6.23. The van der Waals surface area contributed by atoms with E-state index >= 15 is 0 Å². The van der Waals surface area contributed by atoms with Gasteiger partial charge in [0, 0.05) is 24.8 Å². The summed E-state index contributed by atoms with van der Waals surface area (Å²) in [7, 11) is 1.91. The van der Waals surface area contributed by atoms with E-state index in [1.54, 1.807) is 0 Å². The first kappa shape index (κ1) is 13.5. The van der Waals surface area contributed by atoms with Gasteiger partial charge >= 0.3 is 0 Å². The standard InChI is InChI=1S/C15H11F3N2O/c1-20-5-4-10-3-2-9(6-13(10)20)8-21-15-12(17)7-11(16)14(18)19-15/h2-7H,8H2,1H3. The molecule has 0 bridgehead atoms. The van der Waals surface area contributed by atoms with Crippen LogP contribution in [0.5, 0.6) is 5.88 Å². The number of ether oxygens (including phenoxy) is 1. The van der Waals surface area contributed by atoms with Crippen LogP contribution in [-0.4, -0.2) is 9.55 Å². The van der Waals surface area contributed by atoms with Crippen LogP contribution in [0, 0.1) is 17.6 Å². The number of pyridine rings is 1. The van der Waals surface area contributed by atoms with Crippen molar-refractivity contribution in [2.75, 3.05) is 0 Å². The molecule has 0 fully saturated rings. The van der Waals surface area contributed by atoms with Crippen LogP contribution in [-0.2, 0) is 13.7 Å². The maximum Gasteiger partial charge on any atom is 0.253 e. The van der Waals surface area contributed by atoms with Gasteiger partial charge in [0.2, 0.25) is 0 Å². The van der Waals surface area contributed by atoms with Gasteiger partial charge in [-0.2, -0.15) is 9.37 Å². The highest BCUT2D eigenvalue weighted by Crippen LogP contribution is 2.20. The second-order valence-electron chi connectivity index (χ2n) is 4.66. The van der Waals surface area contributed by atoms with Gasteiger partial charge in [0.1, 0.15) is 6.61 Å². The lowest BCUT2D eigenvalue weighted by molar-refractivity contribution is 0.268. The highest BCUT2D eigenvalue weighted by atomic mass is 19.2. The molecule has 2 aromatic heterocycles. The summed E-state index contributed by atoms with van der Waals surface area (Å²) < 4.78 is 46.2. The predicted molar refractivity (Wildman–Crippen MR) is 71.4 cm³/mol. The van der Waals surface area contributed by atoms with Crippen LogP contribution in [0.4, 0.5) is 13.2 Å². The van der Waals surface area contributed by atoms with Crippen molar-refractivity contribution in [2.45, 2.75) is 6.61 Å². The van der Waals surface area contributed by atoms with Crippen molar-refractivity contribution in [1.29, 1.82) is 0 Å². The van der Waals surface area contributed by atoms with E-state index in [1.165, 1.54) is 0 Å². The molecule has 0 saturated heterocycles. The summed E-state index contributed by atoms with van der Waals surface area (Å²) in [6, 6.07) is 7.99. The number of benzene rings is 1. The van der Waals surface area contributed by atoms with E-state index in [9.17, 15) is 13.2 Å². The number of rotatable bonds is 3. The van der Waals surface area contributed by atoms with Crippen LogP contribution in [0.2, 0.25) is 0 Å². The minimum absolute atomic E-state index is 0.0100. The molecule has 0 aliphatic rings. The summed E-state index contributed by atoms with van der Waals surface area (Å²) in [5.74, 6) is -4.32. The third-order valence-electron chi connectivity index (χ3n) is 3.18. The Kier molecular flexibility index (Phi) is 3.29. The fourth-order valence-corrected chi connectivity index (χ4v) is 2.08. The van der Waals surface area contributed by atoms with E-state index in [-0.39, 0.29) is 6.61 Å². The lowest BCUT2D eigenvalue weighted by Gasteiger charge is -2.07. The van der Waals surface area contributed by atoms with Gasteiger partial charge < -0.3 is 9.30 Å². The monoisotopic (exact) mass is 292 g/mol. The van der Waals surface area contributed by atoms with Gasteiger partial charge in [-0.05, 0) is 23.1 Å². The summed E-state index contributed by atoms with van der Waals surface area (Å²) in [5.41, 5.74) is 1.77. The Balaban J connectivity index is 1.83. The van der Waals surface area contributed by atoms with Crippen LogP contribution in [0.15, 0.2) is 36.5 Å². The Morgan fingerprint density at radius 3 is 2.71 bits per heavy atom. The maximum atomic E-state index is 13.4. The van der Waals surface area contributed by atoms with E-state index in [0.717, 1.165) is 16.5 Å². The topological polar surface area (TPSA) is 27.1 Å². The third-order valence-corrected chi connectivity index (χ3v) is 3.18. The molecule has 0 N–H and O–H groups in total. The molecule has 0 aliphatic carbocycles. The molecular weight excluding hydrogens is 281 g/mol. The van der Waals surface area contributed by atoms with Crippen LogP contribution < -0.4 is 4.74 Å². The van der Waals surface area contributed by atoms with Crippen molar-refractivity contribution in [3.8, 4) is 5.88 Å². The van der Waals surface area contributed by atoms with Gasteiger partial charge in [0.15, 0.2) is 11.6 Å². The molecule has 3 aromatic rings.